The standard InChI is InChI=1S/C31H26N4O4/c1-38-23-16-12-22(13-17-23)27-8-4-9-29-32-28(33-35(27)29)20-21-10-14-24(15-11-21)39-19-5-18-34-30(36)25-6-2-3-7-26(25)31(34)37/h2-4,6-17H,5,18-20H2,1H3. The van der Waals surface area contributed by atoms with Crippen LogP contribution in [0, 0.1) is 0 Å². The molecule has 8 nitrogen and oxygen atoms in total. The van der Waals surface area contributed by atoms with Crippen LogP contribution in [0.1, 0.15) is 38.5 Å². The fourth-order valence-electron chi connectivity index (χ4n) is 4.75. The van der Waals surface area contributed by atoms with Crippen molar-refractivity contribution in [1.82, 2.24) is 19.5 Å². The molecular formula is C31H26N4O4. The van der Waals surface area contributed by atoms with Crippen LogP contribution in [0.5, 0.6) is 11.5 Å². The zero-order valence-electron chi connectivity index (χ0n) is 21.4. The van der Waals surface area contributed by atoms with Crippen LogP contribution in [0.25, 0.3) is 16.9 Å². The number of imide groups is 1. The molecule has 0 bridgehead atoms. The van der Waals surface area contributed by atoms with Crippen LogP contribution in [0.15, 0.2) is 91.0 Å². The van der Waals surface area contributed by atoms with E-state index in [0.29, 0.717) is 37.1 Å². The van der Waals surface area contributed by atoms with Crippen molar-refractivity contribution in [2.75, 3.05) is 20.3 Å². The number of hydrogen-bond acceptors (Lipinski definition) is 6. The van der Waals surface area contributed by atoms with Crippen molar-refractivity contribution in [3.63, 3.8) is 0 Å². The third-order valence-corrected chi connectivity index (χ3v) is 6.75. The van der Waals surface area contributed by atoms with Crippen molar-refractivity contribution in [3.8, 4) is 22.8 Å². The largest absolute Gasteiger partial charge is 0.497 e. The Morgan fingerprint density at radius 1 is 0.769 bits per heavy atom. The lowest BCUT2D eigenvalue weighted by molar-refractivity contribution is 0.0646. The second kappa shape index (κ2) is 10.4. The Bertz CT molecular complexity index is 1620. The van der Waals surface area contributed by atoms with E-state index in [1.54, 1.807) is 31.4 Å². The highest BCUT2D eigenvalue weighted by atomic mass is 16.5. The molecule has 39 heavy (non-hydrogen) atoms. The summed E-state index contributed by atoms with van der Waals surface area (Å²) in [6.07, 6.45) is 1.14. The minimum atomic E-state index is -0.239. The van der Waals surface area contributed by atoms with Gasteiger partial charge in [0.1, 0.15) is 11.5 Å². The van der Waals surface area contributed by atoms with E-state index < -0.39 is 0 Å². The fourth-order valence-corrected chi connectivity index (χ4v) is 4.75. The highest BCUT2D eigenvalue weighted by Crippen LogP contribution is 2.24. The molecule has 3 heterocycles. The van der Waals surface area contributed by atoms with Crippen LogP contribution < -0.4 is 9.47 Å². The van der Waals surface area contributed by atoms with Gasteiger partial charge in [-0.05, 0) is 72.6 Å². The predicted octanol–water partition coefficient (Wildman–Crippen LogP) is 5.06. The van der Waals surface area contributed by atoms with E-state index in [4.69, 9.17) is 19.6 Å². The molecule has 0 spiro atoms. The summed E-state index contributed by atoms with van der Waals surface area (Å²) in [5, 5.41) is 4.76. The van der Waals surface area contributed by atoms with Gasteiger partial charge in [-0.25, -0.2) is 9.50 Å². The molecular weight excluding hydrogens is 492 g/mol. The average Bonchev–Trinajstić information content (AvgIpc) is 3.50. The van der Waals surface area contributed by atoms with Gasteiger partial charge in [0.2, 0.25) is 0 Å². The summed E-state index contributed by atoms with van der Waals surface area (Å²) in [4.78, 5) is 31.0. The number of aromatic nitrogens is 3. The predicted molar refractivity (Wildman–Crippen MR) is 146 cm³/mol. The molecule has 0 N–H and O–H groups in total. The molecule has 0 radical (unpaired) electrons. The lowest BCUT2D eigenvalue weighted by Gasteiger charge is -2.14. The lowest BCUT2D eigenvalue weighted by Crippen LogP contribution is -2.31. The summed E-state index contributed by atoms with van der Waals surface area (Å²) >= 11 is 0. The van der Waals surface area contributed by atoms with Gasteiger partial charge < -0.3 is 9.47 Å². The van der Waals surface area contributed by atoms with Gasteiger partial charge in [0, 0.05) is 18.5 Å². The van der Waals surface area contributed by atoms with Crippen molar-refractivity contribution < 1.29 is 19.1 Å². The second-order valence-electron chi connectivity index (χ2n) is 9.27. The number of hydrogen-bond donors (Lipinski definition) is 0. The summed E-state index contributed by atoms with van der Waals surface area (Å²) in [5.74, 6) is 1.78. The SMILES string of the molecule is COc1ccc(-c2cccc3nc(Cc4ccc(OCCCN5C(=O)c6ccccc6C5=O)cc4)nn23)cc1. The number of carbonyl (C=O) groups excluding carboxylic acids is 2. The van der Waals surface area contributed by atoms with Gasteiger partial charge in [-0.2, -0.15) is 5.10 Å². The topological polar surface area (TPSA) is 86.0 Å². The zero-order valence-corrected chi connectivity index (χ0v) is 21.4. The molecule has 2 amide bonds. The number of methoxy groups -OCH3 is 1. The minimum absolute atomic E-state index is 0.239. The maximum absolute atomic E-state index is 12.5. The number of nitrogens with zero attached hydrogens (tertiary/aromatic N) is 4. The first-order chi connectivity index (χ1) is 19.1. The summed E-state index contributed by atoms with van der Waals surface area (Å²) < 4.78 is 13.0. The second-order valence-corrected chi connectivity index (χ2v) is 9.27. The van der Waals surface area contributed by atoms with E-state index in [0.717, 1.165) is 39.8 Å². The van der Waals surface area contributed by atoms with E-state index in [1.807, 2.05) is 71.2 Å². The maximum Gasteiger partial charge on any atom is 0.261 e. The van der Waals surface area contributed by atoms with E-state index in [-0.39, 0.29) is 11.8 Å². The minimum Gasteiger partial charge on any atom is -0.497 e. The van der Waals surface area contributed by atoms with Crippen molar-refractivity contribution in [1.29, 1.82) is 0 Å². The number of pyridine rings is 1. The van der Waals surface area contributed by atoms with Crippen molar-refractivity contribution in [2.45, 2.75) is 12.8 Å². The van der Waals surface area contributed by atoms with Gasteiger partial charge in [-0.15, -0.1) is 0 Å². The van der Waals surface area contributed by atoms with Crippen molar-refractivity contribution in [3.05, 3.63) is 114 Å². The molecule has 194 valence electrons. The van der Waals surface area contributed by atoms with Gasteiger partial charge in [-0.1, -0.05) is 30.3 Å². The number of rotatable bonds is 9. The molecule has 2 aromatic heterocycles. The molecule has 0 saturated heterocycles. The Kier molecular flexibility index (Phi) is 6.50. The van der Waals surface area contributed by atoms with Gasteiger partial charge in [0.15, 0.2) is 11.5 Å². The molecule has 0 aliphatic carbocycles. The first kappa shape index (κ1) is 24.4. The first-order valence-corrected chi connectivity index (χ1v) is 12.8. The lowest BCUT2D eigenvalue weighted by atomic mass is 10.1. The third kappa shape index (κ3) is 4.84. The number of fused-ring (bicyclic) bond motifs is 2. The van der Waals surface area contributed by atoms with Gasteiger partial charge in [0.05, 0.1) is 30.5 Å². The Morgan fingerprint density at radius 3 is 2.15 bits per heavy atom. The summed E-state index contributed by atoms with van der Waals surface area (Å²) in [5.41, 5.74) is 4.78. The van der Waals surface area contributed by atoms with Crippen LogP contribution in [0.2, 0.25) is 0 Å². The van der Waals surface area contributed by atoms with Crippen LogP contribution in [0.4, 0.5) is 0 Å². The quantitative estimate of drug-likeness (QED) is 0.200. The average molecular weight is 519 g/mol. The molecule has 6 rings (SSSR count). The van der Waals surface area contributed by atoms with Crippen molar-refractivity contribution in [2.24, 2.45) is 0 Å². The van der Waals surface area contributed by atoms with Gasteiger partial charge in [0.25, 0.3) is 11.8 Å². The summed E-state index contributed by atoms with van der Waals surface area (Å²) in [6.45, 7) is 0.720. The number of benzene rings is 3. The molecule has 1 aliphatic rings. The molecule has 0 unspecified atom stereocenters. The first-order valence-electron chi connectivity index (χ1n) is 12.8. The Balaban J connectivity index is 1.05. The Morgan fingerprint density at radius 2 is 1.46 bits per heavy atom. The molecule has 0 saturated carbocycles. The smallest absolute Gasteiger partial charge is 0.261 e. The molecule has 5 aromatic rings. The van der Waals surface area contributed by atoms with Crippen molar-refractivity contribution >= 4 is 17.5 Å². The molecule has 0 atom stereocenters. The van der Waals surface area contributed by atoms with Gasteiger partial charge in [-0.3, -0.25) is 14.5 Å². The van der Waals surface area contributed by atoms with Crippen LogP contribution in [0.3, 0.4) is 0 Å². The maximum atomic E-state index is 12.5. The molecule has 1 aliphatic heterocycles. The zero-order chi connectivity index (χ0) is 26.8. The van der Waals surface area contributed by atoms with Crippen LogP contribution in [-0.4, -0.2) is 51.6 Å². The fraction of sp³-hybridized carbons (Fsp3) is 0.161. The molecule has 8 heteroatoms. The number of ether oxygens (including phenoxy) is 2. The van der Waals surface area contributed by atoms with E-state index in [1.165, 1.54) is 4.90 Å². The normalized spacial score (nSPS) is 12.7. The summed E-state index contributed by atoms with van der Waals surface area (Å²) in [6, 6.07) is 28.6. The van der Waals surface area contributed by atoms with Crippen LogP contribution in [-0.2, 0) is 6.42 Å². The Hall–Kier alpha value is -4.98. The monoisotopic (exact) mass is 518 g/mol. The number of carbonyl (C=O) groups is 2. The van der Waals surface area contributed by atoms with E-state index >= 15 is 0 Å². The summed E-state index contributed by atoms with van der Waals surface area (Å²) in [7, 11) is 1.65. The molecule has 3 aromatic carbocycles. The van der Waals surface area contributed by atoms with E-state index in [9.17, 15) is 9.59 Å². The van der Waals surface area contributed by atoms with Crippen LogP contribution >= 0.6 is 0 Å². The highest BCUT2D eigenvalue weighted by molar-refractivity contribution is 6.21. The van der Waals surface area contributed by atoms with Gasteiger partial charge >= 0.3 is 0 Å². The number of amides is 2. The molecule has 0 fully saturated rings. The third-order valence-electron chi connectivity index (χ3n) is 6.75. The highest BCUT2D eigenvalue weighted by Gasteiger charge is 2.34. The Labute approximate surface area is 225 Å². The van der Waals surface area contributed by atoms with E-state index in [2.05, 4.69) is 0 Å².